The van der Waals surface area contributed by atoms with Crippen LogP contribution in [0.15, 0.2) is 127 Å². The molecule has 7 aromatic rings. The number of nitrogens with zero attached hydrogens (tertiary/aromatic N) is 2. The van der Waals surface area contributed by atoms with Crippen LogP contribution in [-0.2, 0) is 18.3 Å². The molecule has 0 bridgehead atoms. The number of hydrogen-bond donors (Lipinski definition) is 0. The van der Waals surface area contributed by atoms with Gasteiger partial charge < -0.3 is 9.80 Å². The molecule has 1 fully saturated rings. The third-order valence-corrected chi connectivity index (χ3v) is 15.4. The van der Waals surface area contributed by atoms with Crippen molar-refractivity contribution >= 4 is 36.1 Å². The molecule has 4 aliphatic rings. The maximum Gasteiger partial charge on any atom is 0.139 e. The molecule has 11 rings (SSSR count). The van der Waals surface area contributed by atoms with Crippen molar-refractivity contribution in [1.29, 1.82) is 0 Å². The molecule has 0 N–H and O–H groups in total. The second-order valence-electron chi connectivity index (χ2n) is 18.6. The van der Waals surface area contributed by atoms with Gasteiger partial charge in [-0.1, -0.05) is 134 Å². The van der Waals surface area contributed by atoms with E-state index in [4.69, 9.17) is 0 Å². The maximum atomic E-state index is 2.70. The van der Waals surface area contributed by atoms with E-state index in [2.05, 4.69) is 187 Å². The number of likely N-dealkylation sites (N-methyl/N-ethyl adjacent to an activating group) is 1. The molecule has 0 saturated heterocycles. The van der Waals surface area contributed by atoms with Crippen molar-refractivity contribution < 1.29 is 0 Å². The fourth-order valence-corrected chi connectivity index (χ4v) is 12.1. The van der Waals surface area contributed by atoms with E-state index in [1.165, 1.54) is 143 Å². The average molecular weight is 765 g/mol. The molecule has 1 heterocycles. The highest BCUT2D eigenvalue weighted by atomic mass is 15.2. The SMILES string of the molecule is Bc1cc(-c2cc3c(c(N(c4ccc(C)cc4-c4ccccc4)c4ccc5c(c4C)-c4ccccc4C5)c2C)-c2ccccc2C3)c2c(c1)C1(C)CCCCC1(C)N2C. The van der Waals surface area contributed by atoms with Gasteiger partial charge in [0, 0.05) is 46.1 Å². The van der Waals surface area contributed by atoms with Crippen molar-refractivity contribution in [3.63, 3.8) is 0 Å². The van der Waals surface area contributed by atoms with E-state index in [1.54, 1.807) is 0 Å². The van der Waals surface area contributed by atoms with Crippen molar-refractivity contribution in [3.05, 3.63) is 172 Å². The van der Waals surface area contributed by atoms with Crippen LogP contribution in [0.3, 0.4) is 0 Å². The molecule has 0 spiro atoms. The predicted octanol–water partition coefficient (Wildman–Crippen LogP) is 12.9. The first kappa shape index (κ1) is 36.3. The molecule has 0 radical (unpaired) electrons. The Hall–Kier alpha value is -5.80. The monoisotopic (exact) mass is 764 g/mol. The average Bonchev–Trinajstić information content (AvgIpc) is 3.87. The molecule has 7 aromatic carbocycles. The largest absolute Gasteiger partial charge is 0.368 e. The number of hydrogen-bond acceptors (Lipinski definition) is 2. The van der Waals surface area contributed by atoms with Gasteiger partial charge in [0.05, 0.1) is 11.4 Å². The molecule has 2 nitrogen and oxygen atoms in total. The highest BCUT2D eigenvalue weighted by molar-refractivity contribution is 6.33. The lowest BCUT2D eigenvalue weighted by Gasteiger charge is -2.49. The van der Waals surface area contributed by atoms with Gasteiger partial charge in [0.15, 0.2) is 0 Å². The first-order valence-corrected chi connectivity index (χ1v) is 21.9. The normalized spacial score (nSPS) is 19.5. The van der Waals surface area contributed by atoms with Gasteiger partial charge >= 0.3 is 0 Å². The van der Waals surface area contributed by atoms with Crippen molar-refractivity contribution in [1.82, 2.24) is 0 Å². The molecular formula is C56H53BN2. The molecule has 1 saturated carbocycles. The number of benzene rings is 7. The van der Waals surface area contributed by atoms with Crippen LogP contribution < -0.4 is 15.3 Å². The molecule has 1 aliphatic heterocycles. The molecule has 59 heavy (non-hydrogen) atoms. The summed E-state index contributed by atoms with van der Waals surface area (Å²) in [6, 6.07) is 48.8. The molecule has 3 aliphatic carbocycles. The topological polar surface area (TPSA) is 6.48 Å². The Morgan fingerprint density at radius 1 is 0.559 bits per heavy atom. The molecule has 3 heteroatoms. The van der Waals surface area contributed by atoms with Gasteiger partial charge in [-0.15, -0.1) is 0 Å². The summed E-state index contributed by atoms with van der Waals surface area (Å²) in [5, 5.41) is 0. The smallest absolute Gasteiger partial charge is 0.139 e. The summed E-state index contributed by atoms with van der Waals surface area (Å²) in [7, 11) is 4.71. The van der Waals surface area contributed by atoms with E-state index in [9.17, 15) is 0 Å². The third-order valence-electron chi connectivity index (χ3n) is 15.4. The van der Waals surface area contributed by atoms with Crippen LogP contribution in [0.25, 0.3) is 44.5 Å². The molecule has 2 unspecified atom stereocenters. The summed E-state index contributed by atoms with van der Waals surface area (Å²) in [5.41, 5.74) is 28.5. The summed E-state index contributed by atoms with van der Waals surface area (Å²) in [5.74, 6) is 0. The Labute approximate surface area is 352 Å². The van der Waals surface area contributed by atoms with Gasteiger partial charge in [-0.25, -0.2) is 0 Å². The van der Waals surface area contributed by atoms with Crippen molar-refractivity contribution in [3.8, 4) is 44.5 Å². The lowest BCUT2D eigenvalue weighted by Crippen LogP contribution is -2.55. The summed E-state index contributed by atoms with van der Waals surface area (Å²) in [4.78, 5) is 5.38. The lowest BCUT2D eigenvalue weighted by atomic mass is 9.61. The maximum absolute atomic E-state index is 2.70. The van der Waals surface area contributed by atoms with Crippen LogP contribution in [0.4, 0.5) is 22.7 Å². The fraction of sp³-hybridized carbons (Fsp3) is 0.250. The van der Waals surface area contributed by atoms with Gasteiger partial charge in [-0.05, 0) is 144 Å². The van der Waals surface area contributed by atoms with Crippen LogP contribution in [-0.4, -0.2) is 20.4 Å². The second kappa shape index (κ2) is 13.1. The van der Waals surface area contributed by atoms with Crippen LogP contribution in [0.2, 0.25) is 0 Å². The van der Waals surface area contributed by atoms with Gasteiger partial charge in [-0.3, -0.25) is 0 Å². The zero-order chi connectivity index (χ0) is 40.4. The summed E-state index contributed by atoms with van der Waals surface area (Å²) < 4.78 is 0. The zero-order valence-electron chi connectivity index (χ0n) is 35.8. The Balaban J connectivity index is 1.26. The van der Waals surface area contributed by atoms with Gasteiger partial charge in [-0.2, -0.15) is 0 Å². The lowest BCUT2D eigenvalue weighted by molar-refractivity contribution is 0.190. The van der Waals surface area contributed by atoms with Crippen LogP contribution in [0.5, 0.6) is 0 Å². The van der Waals surface area contributed by atoms with Crippen molar-refractivity contribution in [2.24, 2.45) is 0 Å². The third kappa shape index (κ3) is 5.13. The molecule has 290 valence electrons. The number of anilines is 4. The predicted molar refractivity (Wildman–Crippen MR) is 253 cm³/mol. The summed E-state index contributed by atoms with van der Waals surface area (Å²) in [6.07, 6.45) is 6.95. The van der Waals surface area contributed by atoms with E-state index in [-0.39, 0.29) is 11.0 Å². The summed E-state index contributed by atoms with van der Waals surface area (Å²) in [6.45, 7) is 12.1. The molecule has 0 aromatic heterocycles. The van der Waals surface area contributed by atoms with E-state index < -0.39 is 0 Å². The fourth-order valence-electron chi connectivity index (χ4n) is 12.1. The van der Waals surface area contributed by atoms with E-state index in [0.717, 1.165) is 12.8 Å². The van der Waals surface area contributed by atoms with E-state index in [1.807, 2.05) is 0 Å². The number of rotatable bonds is 5. The minimum absolute atomic E-state index is 0.0795. The highest BCUT2D eigenvalue weighted by Crippen LogP contribution is 2.61. The second-order valence-corrected chi connectivity index (χ2v) is 18.6. The standard InChI is InChI=1S/C56H53BN2/c1-34-22-24-50(46(28-34)37-16-8-7-9-17-37)59(49-25-23-40-29-38-18-10-12-20-43(38)51(40)36(49)3)53-35(2)45(31-41-30-39-19-11-13-21-44(39)52(41)53)47-32-42(57)33-48-54(47)58(6)56(5)27-15-14-26-55(48,56)4/h7-13,16-25,28,31-33H,14-15,26-27,29-30,57H2,1-6H3. The highest BCUT2D eigenvalue weighted by Gasteiger charge is 2.56. The Morgan fingerprint density at radius 2 is 1.22 bits per heavy atom. The van der Waals surface area contributed by atoms with Crippen LogP contribution in [0.1, 0.15) is 84.0 Å². The Morgan fingerprint density at radius 3 is 1.98 bits per heavy atom. The van der Waals surface area contributed by atoms with Crippen LogP contribution in [0, 0.1) is 20.8 Å². The van der Waals surface area contributed by atoms with Gasteiger partial charge in [0.1, 0.15) is 7.85 Å². The van der Waals surface area contributed by atoms with E-state index >= 15 is 0 Å². The zero-order valence-corrected chi connectivity index (χ0v) is 35.8. The van der Waals surface area contributed by atoms with Crippen LogP contribution >= 0.6 is 0 Å². The molecular weight excluding hydrogens is 711 g/mol. The van der Waals surface area contributed by atoms with Crippen molar-refractivity contribution in [2.45, 2.75) is 84.1 Å². The molecule has 0 amide bonds. The minimum atomic E-state index is 0.0795. The Bertz CT molecular complexity index is 2890. The molecule has 2 atom stereocenters. The number of fused-ring (bicyclic) bond motifs is 9. The van der Waals surface area contributed by atoms with Gasteiger partial charge in [0.2, 0.25) is 0 Å². The summed E-state index contributed by atoms with van der Waals surface area (Å²) >= 11 is 0. The first-order chi connectivity index (χ1) is 28.6. The van der Waals surface area contributed by atoms with Crippen molar-refractivity contribution in [2.75, 3.05) is 16.8 Å². The number of aryl methyl sites for hydroxylation is 1. The Kier molecular flexibility index (Phi) is 8.06. The minimum Gasteiger partial charge on any atom is -0.368 e. The van der Waals surface area contributed by atoms with E-state index in [0.29, 0.717) is 0 Å². The van der Waals surface area contributed by atoms with Gasteiger partial charge in [0.25, 0.3) is 0 Å². The quantitative estimate of drug-likeness (QED) is 0.161. The first-order valence-electron chi connectivity index (χ1n) is 21.9.